The SMILES string of the molecule is CN(C)c1ccc(OOC(C)(C)C)cc1. The first kappa shape index (κ1) is 11.9. The number of anilines is 1. The van der Waals surface area contributed by atoms with E-state index in [1.165, 1.54) is 0 Å². The zero-order valence-corrected chi connectivity index (χ0v) is 10.1. The van der Waals surface area contributed by atoms with Gasteiger partial charge in [0.25, 0.3) is 0 Å². The highest BCUT2D eigenvalue weighted by molar-refractivity contribution is 5.47. The van der Waals surface area contributed by atoms with Crippen molar-refractivity contribution in [1.82, 2.24) is 0 Å². The zero-order chi connectivity index (χ0) is 11.5. The van der Waals surface area contributed by atoms with Crippen LogP contribution in [0, 0.1) is 0 Å². The lowest BCUT2D eigenvalue weighted by molar-refractivity contribution is -0.274. The first-order chi connectivity index (χ1) is 6.88. The Hall–Kier alpha value is -1.22. The molecule has 0 heterocycles. The summed E-state index contributed by atoms with van der Waals surface area (Å²) < 4.78 is 0. The van der Waals surface area contributed by atoms with Crippen LogP contribution in [0.4, 0.5) is 5.69 Å². The standard InChI is InChI=1S/C12H19NO2/c1-12(2,3)15-14-11-8-6-10(7-9-11)13(4)5/h6-9H,1-5H3. The Bertz CT molecular complexity index is 298. The highest BCUT2D eigenvalue weighted by atomic mass is 17.2. The molecule has 0 saturated heterocycles. The molecular weight excluding hydrogens is 190 g/mol. The smallest absolute Gasteiger partial charge is 0.165 e. The third-order valence-electron chi connectivity index (χ3n) is 1.74. The lowest BCUT2D eigenvalue weighted by atomic mass is 10.2. The Morgan fingerprint density at radius 1 is 1.00 bits per heavy atom. The minimum Gasteiger partial charge on any atom is -0.378 e. The van der Waals surface area contributed by atoms with Gasteiger partial charge in [-0.1, -0.05) is 0 Å². The minimum atomic E-state index is -0.291. The molecular formula is C12H19NO2. The predicted molar refractivity (Wildman–Crippen MR) is 62.2 cm³/mol. The monoisotopic (exact) mass is 209 g/mol. The number of rotatable bonds is 3. The van der Waals surface area contributed by atoms with Crippen LogP contribution < -0.4 is 9.79 Å². The quantitative estimate of drug-likeness (QED) is 0.564. The van der Waals surface area contributed by atoms with Crippen molar-refractivity contribution in [3.05, 3.63) is 24.3 Å². The van der Waals surface area contributed by atoms with Crippen LogP contribution in [0.5, 0.6) is 5.75 Å². The fourth-order valence-electron chi connectivity index (χ4n) is 0.973. The van der Waals surface area contributed by atoms with E-state index in [1.54, 1.807) is 0 Å². The highest BCUT2D eigenvalue weighted by Gasteiger charge is 2.12. The summed E-state index contributed by atoms with van der Waals surface area (Å²) in [4.78, 5) is 12.4. The van der Waals surface area contributed by atoms with Crippen LogP contribution in [0.25, 0.3) is 0 Å². The molecule has 0 atom stereocenters. The van der Waals surface area contributed by atoms with E-state index >= 15 is 0 Å². The summed E-state index contributed by atoms with van der Waals surface area (Å²) in [5, 5.41) is 0. The van der Waals surface area contributed by atoms with Crippen LogP contribution in [0.2, 0.25) is 0 Å². The van der Waals surface area contributed by atoms with Crippen LogP contribution in [0.15, 0.2) is 24.3 Å². The van der Waals surface area contributed by atoms with Gasteiger partial charge in [0.15, 0.2) is 5.75 Å². The number of hydrogen-bond donors (Lipinski definition) is 0. The van der Waals surface area contributed by atoms with Crippen molar-refractivity contribution in [3.63, 3.8) is 0 Å². The van der Waals surface area contributed by atoms with Crippen molar-refractivity contribution in [3.8, 4) is 5.75 Å². The van der Waals surface area contributed by atoms with Crippen molar-refractivity contribution in [2.24, 2.45) is 0 Å². The van der Waals surface area contributed by atoms with E-state index in [0.29, 0.717) is 0 Å². The average molecular weight is 209 g/mol. The first-order valence-electron chi connectivity index (χ1n) is 5.01. The fourth-order valence-corrected chi connectivity index (χ4v) is 0.973. The molecule has 0 aliphatic rings. The third kappa shape index (κ3) is 4.21. The molecule has 3 heteroatoms. The van der Waals surface area contributed by atoms with Gasteiger partial charge in [0, 0.05) is 19.8 Å². The normalized spacial score (nSPS) is 11.3. The molecule has 0 aliphatic carbocycles. The Morgan fingerprint density at radius 2 is 1.53 bits per heavy atom. The largest absolute Gasteiger partial charge is 0.378 e. The van der Waals surface area contributed by atoms with Gasteiger partial charge in [0.2, 0.25) is 0 Å². The maximum Gasteiger partial charge on any atom is 0.165 e. The Labute approximate surface area is 91.5 Å². The molecule has 0 spiro atoms. The Balaban J connectivity index is 2.57. The van der Waals surface area contributed by atoms with Crippen molar-refractivity contribution >= 4 is 5.69 Å². The lowest BCUT2D eigenvalue weighted by Crippen LogP contribution is -2.21. The van der Waals surface area contributed by atoms with E-state index in [2.05, 4.69) is 0 Å². The van der Waals surface area contributed by atoms with Crippen molar-refractivity contribution < 1.29 is 9.78 Å². The maximum atomic E-state index is 5.20. The summed E-state index contributed by atoms with van der Waals surface area (Å²) >= 11 is 0. The molecule has 0 saturated carbocycles. The van der Waals surface area contributed by atoms with Gasteiger partial charge in [-0.15, -0.1) is 0 Å². The van der Waals surface area contributed by atoms with Crippen LogP contribution in [-0.2, 0) is 4.89 Å². The summed E-state index contributed by atoms with van der Waals surface area (Å²) in [6, 6.07) is 7.75. The average Bonchev–Trinajstić information content (AvgIpc) is 2.14. The van der Waals surface area contributed by atoms with Crippen LogP contribution in [0.1, 0.15) is 20.8 Å². The molecule has 1 aromatic rings. The topological polar surface area (TPSA) is 21.7 Å². The summed E-state index contributed by atoms with van der Waals surface area (Å²) in [5.74, 6) is 0.718. The highest BCUT2D eigenvalue weighted by Crippen LogP contribution is 2.19. The second-order valence-corrected chi connectivity index (χ2v) is 4.67. The van der Waals surface area contributed by atoms with Gasteiger partial charge in [0.05, 0.1) is 0 Å². The summed E-state index contributed by atoms with van der Waals surface area (Å²) in [6.07, 6.45) is 0. The van der Waals surface area contributed by atoms with Gasteiger partial charge in [0.1, 0.15) is 5.60 Å². The number of nitrogens with zero attached hydrogens (tertiary/aromatic N) is 1. The Morgan fingerprint density at radius 3 is 1.93 bits per heavy atom. The van der Waals surface area contributed by atoms with Gasteiger partial charge in [-0.05, 0) is 45.0 Å². The first-order valence-corrected chi connectivity index (χ1v) is 5.01. The summed E-state index contributed by atoms with van der Waals surface area (Å²) in [6.45, 7) is 5.84. The molecule has 0 aliphatic heterocycles. The molecule has 1 rings (SSSR count). The molecule has 3 nitrogen and oxygen atoms in total. The molecule has 1 aromatic carbocycles. The molecule has 15 heavy (non-hydrogen) atoms. The lowest BCUT2D eigenvalue weighted by Gasteiger charge is -2.18. The molecule has 84 valence electrons. The Kier molecular flexibility index (Phi) is 3.58. The van der Waals surface area contributed by atoms with Gasteiger partial charge < -0.3 is 9.79 Å². The van der Waals surface area contributed by atoms with Gasteiger partial charge >= 0.3 is 0 Å². The molecule has 0 unspecified atom stereocenters. The summed E-state index contributed by atoms with van der Waals surface area (Å²) in [5.41, 5.74) is 0.846. The number of benzene rings is 1. The summed E-state index contributed by atoms with van der Waals surface area (Å²) in [7, 11) is 4.00. The van der Waals surface area contributed by atoms with Crippen LogP contribution >= 0.6 is 0 Å². The van der Waals surface area contributed by atoms with Gasteiger partial charge in [-0.25, -0.2) is 0 Å². The molecule has 0 bridgehead atoms. The van der Waals surface area contributed by atoms with Crippen LogP contribution in [-0.4, -0.2) is 19.7 Å². The van der Waals surface area contributed by atoms with E-state index in [9.17, 15) is 0 Å². The van der Waals surface area contributed by atoms with Gasteiger partial charge in [-0.3, -0.25) is 0 Å². The molecule has 0 radical (unpaired) electrons. The molecule has 0 N–H and O–H groups in total. The van der Waals surface area contributed by atoms with Crippen molar-refractivity contribution in [1.29, 1.82) is 0 Å². The van der Waals surface area contributed by atoms with Gasteiger partial charge in [-0.2, -0.15) is 4.89 Å². The van der Waals surface area contributed by atoms with Crippen molar-refractivity contribution in [2.45, 2.75) is 26.4 Å². The van der Waals surface area contributed by atoms with E-state index in [0.717, 1.165) is 11.4 Å². The van der Waals surface area contributed by atoms with E-state index < -0.39 is 0 Å². The third-order valence-corrected chi connectivity index (χ3v) is 1.74. The molecule has 0 aromatic heterocycles. The maximum absolute atomic E-state index is 5.20. The predicted octanol–water partition coefficient (Wildman–Crippen LogP) is 2.86. The number of hydrogen-bond acceptors (Lipinski definition) is 3. The van der Waals surface area contributed by atoms with Crippen LogP contribution in [0.3, 0.4) is 0 Å². The second kappa shape index (κ2) is 4.53. The van der Waals surface area contributed by atoms with Crippen molar-refractivity contribution in [2.75, 3.05) is 19.0 Å². The van der Waals surface area contributed by atoms with E-state index in [4.69, 9.17) is 9.78 Å². The zero-order valence-electron chi connectivity index (χ0n) is 10.1. The fraction of sp³-hybridized carbons (Fsp3) is 0.500. The molecule has 0 fully saturated rings. The molecule has 0 amide bonds. The second-order valence-electron chi connectivity index (χ2n) is 4.67. The minimum absolute atomic E-state index is 0.291. The van der Waals surface area contributed by atoms with E-state index in [-0.39, 0.29) is 5.60 Å². The van der Waals surface area contributed by atoms with E-state index in [1.807, 2.05) is 64.0 Å².